The number of ether oxygens (including phenoxy) is 1. The van der Waals surface area contributed by atoms with Crippen LogP contribution in [0.15, 0.2) is 60.8 Å². The molecule has 5 nitrogen and oxygen atoms in total. The molecule has 0 spiro atoms. The highest BCUT2D eigenvalue weighted by Crippen LogP contribution is 2.22. The van der Waals surface area contributed by atoms with Crippen LogP contribution in [0.1, 0.15) is 18.2 Å². The Bertz CT molecular complexity index is 986. The van der Waals surface area contributed by atoms with Crippen LogP contribution >= 0.6 is 23.2 Å². The van der Waals surface area contributed by atoms with Crippen molar-refractivity contribution in [3.63, 3.8) is 0 Å². The van der Waals surface area contributed by atoms with Gasteiger partial charge in [0.15, 0.2) is 0 Å². The maximum Gasteiger partial charge on any atom is 0.322 e. The van der Waals surface area contributed by atoms with Crippen LogP contribution in [0.25, 0.3) is 0 Å². The summed E-state index contributed by atoms with van der Waals surface area (Å²) in [6.45, 7) is 3.53. The molecule has 0 atom stereocenters. The number of anilines is 1. The summed E-state index contributed by atoms with van der Waals surface area (Å²) in [6, 6.07) is 16.6. The van der Waals surface area contributed by atoms with E-state index in [2.05, 4.69) is 5.32 Å². The second kappa shape index (κ2) is 10.4. The van der Waals surface area contributed by atoms with Gasteiger partial charge in [-0.3, -0.25) is 0 Å². The summed E-state index contributed by atoms with van der Waals surface area (Å²) < 4.78 is 7.46. The van der Waals surface area contributed by atoms with Gasteiger partial charge in [0.1, 0.15) is 5.75 Å². The quantitative estimate of drug-likeness (QED) is 0.461. The van der Waals surface area contributed by atoms with Crippen molar-refractivity contribution < 1.29 is 9.53 Å². The van der Waals surface area contributed by atoms with Crippen LogP contribution in [0.4, 0.5) is 10.5 Å². The van der Waals surface area contributed by atoms with Crippen LogP contribution in [-0.2, 0) is 20.0 Å². The number of aryl methyl sites for hydroxylation is 1. The Morgan fingerprint density at radius 2 is 1.90 bits per heavy atom. The Kier molecular flexibility index (Phi) is 7.66. The Morgan fingerprint density at radius 1 is 1.13 bits per heavy atom. The van der Waals surface area contributed by atoms with Gasteiger partial charge in [-0.25, -0.2) is 4.79 Å². The van der Waals surface area contributed by atoms with E-state index in [1.54, 1.807) is 11.0 Å². The predicted molar refractivity (Wildman–Crippen MR) is 123 cm³/mol. The maximum atomic E-state index is 13.0. The number of carbonyl (C=O) groups excluding carboxylic acids is 1. The zero-order valence-electron chi connectivity index (χ0n) is 17.1. The second-order valence-corrected chi connectivity index (χ2v) is 7.75. The average molecular weight is 446 g/mol. The van der Waals surface area contributed by atoms with Crippen LogP contribution in [-0.4, -0.2) is 28.6 Å². The number of halogens is 2. The number of hydrogen-bond acceptors (Lipinski definition) is 2. The summed E-state index contributed by atoms with van der Waals surface area (Å²) in [4.78, 5) is 14.8. The third-order valence-electron chi connectivity index (χ3n) is 4.77. The lowest BCUT2D eigenvalue weighted by Crippen LogP contribution is -2.36. The summed E-state index contributed by atoms with van der Waals surface area (Å²) in [5.74, 6) is 0.772. The van der Waals surface area contributed by atoms with Gasteiger partial charge in [0.25, 0.3) is 0 Å². The second-order valence-electron chi connectivity index (χ2n) is 6.91. The van der Waals surface area contributed by atoms with Gasteiger partial charge >= 0.3 is 6.03 Å². The van der Waals surface area contributed by atoms with Gasteiger partial charge in [0, 0.05) is 41.2 Å². The fraction of sp³-hybridized carbons (Fsp3) is 0.261. The molecule has 2 aromatic carbocycles. The van der Waals surface area contributed by atoms with E-state index in [1.807, 2.05) is 73.3 Å². The summed E-state index contributed by atoms with van der Waals surface area (Å²) in [6.07, 6.45) is 2.59. The largest absolute Gasteiger partial charge is 0.494 e. The summed E-state index contributed by atoms with van der Waals surface area (Å²) >= 11 is 12.3. The molecule has 0 saturated heterocycles. The van der Waals surface area contributed by atoms with Gasteiger partial charge in [-0.2, -0.15) is 0 Å². The van der Waals surface area contributed by atoms with Crippen molar-refractivity contribution in [1.82, 2.24) is 9.47 Å². The van der Waals surface area contributed by atoms with Gasteiger partial charge in [0.05, 0.1) is 13.2 Å². The van der Waals surface area contributed by atoms with E-state index in [-0.39, 0.29) is 6.03 Å². The predicted octanol–water partition coefficient (Wildman–Crippen LogP) is 6.01. The Labute approximate surface area is 187 Å². The first kappa shape index (κ1) is 22.1. The van der Waals surface area contributed by atoms with E-state index < -0.39 is 0 Å². The number of amides is 2. The van der Waals surface area contributed by atoms with Gasteiger partial charge in [0.2, 0.25) is 0 Å². The number of aromatic nitrogens is 1. The highest BCUT2D eigenvalue weighted by molar-refractivity contribution is 6.35. The molecule has 0 aliphatic heterocycles. The molecule has 0 unspecified atom stereocenters. The van der Waals surface area contributed by atoms with Crippen molar-refractivity contribution in [3.8, 4) is 5.75 Å². The third kappa shape index (κ3) is 5.94. The van der Waals surface area contributed by atoms with Crippen LogP contribution in [0, 0.1) is 0 Å². The molecule has 0 fully saturated rings. The monoisotopic (exact) mass is 445 g/mol. The fourth-order valence-electron chi connectivity index (χ4n) is 3.09. The van der Waals surface area contributed by atoms with Gasteiger partial charge < -0.3 is 19.5 Å². The van der Waals surface area contributed by atoms with E-state index in [0.29, 0.717) is 41.8 Å². The number of benzene rings is 2. The minimum Gasteiger partial charge on any atom is -0.494 e. The molecule has 1 N–H and O–H groups in total. The molecule has 30 heavy (non-hydrogen) atoms. The number of carbonyl (C=O) groups is 1. The molecule has 0 aliphatic carbocycles. The maximum absolute atomic E-state index is 13.0. The van der Waals surface area contributed by atoms with Crippen molar-refractivity contribution in [2.45, 2.75) is 19.9 Å². The number of hydrogen-bond donors (Lipinski definition) is 1. The van der Waals surface area contributed by atoms with Crippen LogP contribution in [0.3, 0.4) is 0 Å². The zero-order chi connectivity index (χ0) is 21.5. The smallest absolute Gasteiger partial charge is 0.322 e. The lowest BCUT2D eigenvalue weighted by Gasteiger charge is -2.24. The van der Waals surface area contributed by atoms with Crippen molar-refractivity contribution in [2.75, 3.05) is 18.5 Å². The van der Waals surface area contributed by atoms with E-state index in [0.717, 1.165) is 17.0 Å². The van der Waals surface area contributed by atoms with E-state index in [9.17, 15) is 4.79 Å². The van der Waals surface area contributed by atoms with Gasteiger partial charge in [-0.1, -0.05) is 29.3 Å². The van der Waals surface area contributed by atoms with Crippen molar-refractivity contribution in [3.05, 3.63) is 82.1 Å². The van der Waals surface area contributed by atoms with Crippen molar-refractivity contribution in [1.29, 1.82) is 0 Å². The fourth-order valence-corrected chi connectivity index (χ4v) is 3.60. The highest BCUT2D eigenvalue weighted by atomic mass is 35.5. The van der Waals surface area contributed by atoms with Crippen molar-refractivity contribution >= 4 is 34.9 Å². The van der Waals surface area contributed by atoms with Crippen LogP contribution in [0.2, 0.25) is 10.0 Å². The Morgan fingerprint density at radius 3 is 2.53 bits per heavy atom. The molecule has 158 valence electrons. The van der Waals surface area contributed by atoms with E-state index in [1.165, 1.54) is 0 Å². The normalized spacial score (nSPS) is 10.7. The molecule has 7 heteroatoms. The standard InChI is InChI=1S/C23H25Cl2N3O2/c1-3-30-21-10-8-19(9-11-21)26-23(29)28(16-20-5-4-13-27(20)2)14-12-17-6-7-18(24)15-22(17)25/h4-11,13,15H,3,12,14,16H2,1-2H3,(H,26,29). The number of rotatable bonds is 8. The van der Waals surface area contributed by atoms with E-state index >= 15 is 0 Å². The molecule has 0 radical (unpaired) electrons. The number of nitrogens with one attached hydrogen (secondary N) is 1. The molecule has 2 amide bonds. The van der Waals surface area contributed by atoms with E-state index in [4.69, 9.17) is 27.9 Å². The van der Waals surface area contributed by atoms with Gasteiger partial charge in [-0.15, -0.1) is 0 Å². The summed E-state index contributed by atoms with van der Waals surface area (Å²) in [7, 11) is 1.97. The van der Waals surface area contributed by atoms with Crippen LogP contribution in [0.5, 0.6) is 5.75 Å². The van der Waals surface area contributed by atoms with Gasteiger partial charge in [-0.05, 0) is 67.4 Å². The molecule has 1 aromatic heterocycles. The Hall–Kier alpha value is -2.63. The molecular formula is C23H25Cl2N3O2. The SMILES string of the molecule is CCOc1ccc(NC(=O)N(CCc2ccc(Cl)cc2Cl)Cc2cccn2C)cc1. The lowest BCUT2D eigenvalue weighted by molar-refractivity contribution is 0.208. The first-order chi connectivity index (χ1) is 14.5. The number of nitrogens with zero attached hydrogens (tertiary/aromatic N) is 2. The summed E-state index contributed by atoms with van der Waals surface area (Å²) in [5, 5.41) is 4.17. The van der Waals surface area contributed by atoms with Crippen molar-refractivity contribution in [2.24, 2.45) is 7.05 Å². The zero-order valence-corrected chi connectivity index (χ0v) is 18.6. The molecule has 3 rings (SSSR count). The molecule has 0 aliphatic rings. The molecule has 1 heterocycles. The lowest BCUT2D eigenvalue weighted by atomic mass is 10.1. The summed E-state index contributed by atoms with van der Waals surface area (Å²) in [5.41, 5.74) is 2.70. The molecular weight excluding hydrogens is 421 g/mol. The molecule has 0 saturated carbocycles. The minimum absolute atomic E-state index is 0.176. The van der Waals surface area contributed by atoms with Crippen LogP contribution < -0.4 is 10.1 Å². The molecule has 0 bridgehead atoms. The first-order valence-corrected chi connectivity index (χ1v) is 10.5. The average Bonchev–Trinajstić information content (AvgIpc) is 3.12. The minimum atomic E-state index is -0.176. The highest BCUT2D eigenvalue weighted by Gasteiger charge is 2.16. The molecule has 3 aromatic rings. The number of urea groups is 1. The third-order valence-corrected chi connectivity index (χ3v) is 5.36. The first-order valence-electron chi connectivity index (χ1n) is 9.79. The topological polar surface area (TPSA) is 46.5 Å². The Balaban J connectivity index is 1.72.